The van der Waals surface area contributed by atoms with Gasteiger partial charge < -0.3 is 10.1 Å². The van der Waals surface area contributed by atoms with E-state index in [9.17, 15) is 0 Å². The molecule has 0 saturated heterocycles. The maximum Gasteiger partial charge on any atom is 0.0699 e. The van der Waals surface area contributed by atoms with Gasteiger partial charge >= 0.3 is 0 Å². The van der Waals surface area contributed by atoms with Crippen molar-refractivity contribution in [2.45, 2.75) is 85.3 Å². The Hall–Kier alpha value is -0.0800. The Morgan fingerprint density at radius 2 is 1.78 bits per heavy atom. The van der Waals surface area contributed by atoms with Gasteiger partial charge in [0.1, 0.15) is 0 Å². The van der Waals surface area contributed by atoms with Gasteiger partial charge in [0.2, 0.25) is 0 Å². The topological polar surface area (TPSA) is 21.3 Å². The molecule has 110 valence electrons. The third-order valence-electron chi connectivity index (χ3n) is 3.78. The number of hydrogen-bond acceptors (Lipinski definition) is 2. The summed E-state index contributed by atoms with van der Waals surface area (Å²) in [5, 5.41) is 3.67. The van der Waals surface area contributed by atoms with Crippen molar-refractivity contribution in [3.63, 3.8) is 0 Å². The van der Waals surface area contributed by atoms with E-state index >= 15 is 0 Å². The van der Waals surface area contributed by atoms with Gasteiger partial charge in [-0.2, -0.15) is 0 Å². The molecule has 0 aromatic carbocycles. The van der Waals surface area contributed by atoms with Gasteiger partial charge in [0.25, 0.3) is 0 Å². The van der Waals surface area contributed by atoms with Crippen LogP contribution in [0, 0.1) is 5.92 Å². The van der Waals surface area contributed by atoms with Crippen molar-refractivity contribution in [3.05, 3.63) is 0 Å². The van der Waals surface area contributed by atoms with Gasteiger partial charge in [0.05, 0.1) is 6.10 Å². The second kappa shape index (κ2) is 12.0. The van der Waals surface area contributed by atoms with E-state index in [4.69, 9.17) is 4.74 Å². The molecule has 0 spiro atoms. The van der Waals surface area contributed by atoms with E-state index in [1.165, 1.54) is 38.5 Å². The summed E-state index contributed by atoms with van der Waals surface area (Å²) >= 11 is 0. The molecule has 0 aromatic rings. The first kappa shape index (κ1) is 17.9. The molecule has 0 aromatic heterocycles. The summed E-state index contributed by atoms with van der Waals surface area (Å²) in [5.41, 5.74) is 0. The van der Waals surface area contributed by atoms with Crippen LogP contribution in [0.25, 0.3) is 0 Å². The minimum absolute atomic E-state index is 0.331. The first-order valence-corrected chi connectivity index (χ1v) is 8.04. The van der Waals surface area contributed by atoms with E-state index < -0.39 is 0 Å². The lowest BCUT2D eigenvalue weighted by atomic mass is 9.90. The van der Waals surface area contributed by atoms with Crippen molar-refractivity contribution in [1.29, 1.82) is 0 Å². The van der Waals surface area contributed by atoms with Crippen molar-refractivity contribution < 1.29 is 4.74 Å². The van der Waals surface area contributed by atoms with Crippen LogP contribution < -0.4 is 5.32 Å². The second-order valence-corrected chi connectivity index (χ2v) is 5.37. The summed E-state index contributed by atoms with van der Waals surface area (Å²) in [6, 6.07) is 0.520. The Kier molecular flexibility index (Phi) is 11.9. The van der Waals surface area contributed by atoms with Crippen LogP contribution in [0.1, 0.15) is 73.1 Å². The van der Waals surface area contributed by atoms with Gasteiger partial charge in [-0.05, 0) is 39.2 Å². The van der Waals surface area contributed by atoms with E-state index in [1.807, 2.05) is 0 Å². The van der Waals surface area contributed by atoms with Crippen LogP contribution in [-0.2, 0) is 4.74 Å². The van der Waals surface area contributed by atoms with Crippen LogP contribution in [0.5, 0.6) is 0 Å². The largest absolute Gasteiger partial charge is 0.377 e. The molecule has 0 amide bonds. The molecule has 2 heteroatoms. The molecule has 3 unspecified atom stereocenters. The Labute approximate surface area is 115 Å². The molecule has 3 atom stereocenters. The van der Waals surface area contributed by atoms with Crippen molar-refractivity contribution >= 4 is 0 Å². The molecule has 0 saturated carbocycles. The van der Waals surface area contributed by atoms with Crippen molar-refractivity contribution in [3.8, 4) is 0 Å². The maximum absolute atomic E-state index is 5.79. The first-order valence-electron chi connectivity index (χ1n) is 8.04. The Morgan fingerprint density at radius 1 is 1.06 bits per heavy atom. The van der Waals surface area contributed by atoms with Crippen molar-refractivity contribution in [1.82, 2.24) is 5.32 Å². The zero-order chi connectivity index (χ0) is 13.8. The van der Waals surface area contributed by atoms with E-state index in [1.54, 1.807) is 0 Å². The van der Waals surface area contributed by atoms with Crippen LogP contribution in [0.15, 0.2) is 0 Å². The number of ether oxygens (including phenoxy) is 1. The highest BCUT2D eigenvalue weighted by Gasteiger charge is 2.20. The molecule has 0 bridgehead atoms. The molecule has 1 N–H and O–H groups in total. The SMILES string of the molecule is CCCCC(CC)CC(NCCC)C(C)OCC. The highest BCUT2D eigenvalue weighted by atomic mass is 16.5. The fourth-order valence-corrected chi connectivity index (χ4v) is 2.49. The molecule has 0 aliphatic rings. The minimum atomic E-state index is 0.331. The van der Waals surface area contributed by atoms with E-state index in [2.05, 4.69) is 39.9 Å². The fraction of sp³-hybridized carbons (Fsp3) is 1.00. The Balaban J connectivity index is 4.24. The zero-order valence-corrected chi connectivity index (χ0v) is 13.3. The van der Waals surface area contributed by atoms with Gasteiger partial charge in [0, 0.05) is 12.6 Å². The van der Waals surface area contributed by atoms with Gasteiger partial charge in [0.15, 0.2) is 0 Å². The molecule has 2 nitrogen and oxygen atoms in total. The normalized spacial score (nSPS) is 16.5. The molecule has 0 rings (SSSR count). The predicted molar refractivity (Wildman–Crippen MR) is 81.1 cm³/mol. The maximum atomic E-state index is 5.79. The molecule has 0 aliphatic carbocycles. The van der Waals surface area contributed by atoms with Crippen LogP contribution >= 0.6 is 0 Å². The molecule has 0 radical (unpaired) electrons. The van der Waals surface area contributed by atoms with Gasteiger partial charge in [-0.1, -0.05) is 46.5 Å². The minimum Gasteiger partial charge on any atom is -0.377 e. The number of rotatable bonds is 12. The smallest absolute Gasteiger partial charge is 0.0699 e. The lowest BCUT2D eigenvalue weighted by Crippen LogP contribution is -2.41. The van der Waals surface area contributed by atoms with Gasteiger partial charge in [-0.15, -0.1) is 0 Å². The number of unbranched alkanes of at least 4 members (excludes halogenated alkanes) is 1. The molecule has 0 heterocycles. The molecular weight excluding hydrogens is 222 g/mol. The average molecular weight is 257 g/mol. The zero-order valence-electron chi connectivity index (χ0n) is 13.3. The van der Waals surface area contributed by atoms with E-state index in [0.717, 1.165) is 19.1 Å². The predicted octanol–water partition coefficient (Wildman–Crippen LogP) is 4.39. The molecule has 0 aliphatic heterocycles. The van der Waals surface area contributed by atoms with Crippen LogP contribution in [-0.4, -0.2) is 25.3 Å². The van der Waals surface area contributed by atoms with Crippen molar-refractivity contribution in [2.75, 3.05) is 13.2 Å². The summed E-state index contributed by atoms with van der Waals surface area (Å²) < 4.78 is 5.79. The summed E-state index contributed by atoms with van der Waals surface area (Å²) in [5.74, 6) is 0.849. The summed E-state index contributed by atoms with van der Waals surface area (Å²) in [6.07, 6.45) is 8.13. The molecule has 18 heavy (non-hydrogen) atoms. The van der Waals surface area contributed by atoms with Gasteiger partial charge in [-0.3, -0.25) is 0 Å². The van der Waals surface area contributed by atoms with Crippen LogP contribution in [0.3, 0.4) is 0 Å². The van der Waals surface area contributed by atoms with Crippen molar-refractivity contribution in [2.24, 2.45) is 5.92 Å². The highest BCUT2D eigenvalue weighted by molar-refractivity contribution is 4.77. The Morgan fingerprint density at radius 3 is 2.28 bits per heavy atom. The standard InChI is InChI=1S/C16H35NO/c1-6-10-11-15(8-3)13-16(17-12-7-2)14(5)18-9-4/h14-17H,6-13H2,1-5H3. The van der Waals surface area contributed by atoms with Crippen LogP contribution in [0.2, 0.25) is 0 Å². The third kappa shape index (κ3) is 8.10. The van der Waals surface area contributed by atoms with Gasteiger partial charge in [-0.25, -0.2) is 0 Å². The Bertz CT molecular complexity index is 172. The first-order chi connectivity index (χ1) is 8.69. The average Bonchev–Trinajstić information content (AvgIpc) is 2.38. The summed E-state index contributed by atoms with van der Waals surface area (Å²) in [6.45, 7) is 13.0. The molecule has 0 fully saturated rings. The van der Waals surface area contributed by atoms with E-state index in [0.29, 0.717) is 12.1 Å². The number of hydrogen-bond donors (Lipinski definition) is 1. The summed E-state index contributed by atoms with van der Waals surface area (Å²) in [4.78, 5) is 0. The lowest BCUT2D eigenvalue weighted by Gasteiger charge is -2.28. The highest BCUT2D eigenvalue weighted by Crippen LogP contribution is 2.20. The summed E-state index contributed by atoms with van der Waals surface area (Å²) in [7, 11) is 0. The third-order valence-corrected chi connectivity index (χ3v) is 3.78. The quantitative estimate of drug-likeness (QED) is 0.560. The fourth-order valence-electron chi connectivity index (χ4n) is 2.49. The lowest BCUT2D eigenvalue weighted by molar-refractivity contribution is 0.0398. The molecular formula is C16H35NO. The number of nitrogens with one attached hydrogen (secondary N) is 1. The monoisotopic (exact) mass is 257 g/mol. The van der Waals surface area contributed by atoms with Crippen LogP contribution in [0.4, 0.5) is 0 Å². The second-order valence-electron chi connectivity index (χ2n) is 5.37. The van der Waals surface area contributed by atoms with E-state index in [-0.39, 0.29) is 0 Å².